The van der Waals surface area contributed by atoms with Crippen molar-refractivity contribution in [2.45, 2.75) is 13.0 Å². The second-order valence-electron chi connectivity index (χ2n) is 4.02. The van der Waals surface area contributed by atoms with Crippen LogP contribution in [-0.4, -0.2) is 9.97 Å². The van der Waals surface area contributed by atoms with E-state index in [-0.39, 0.29) is 6.04 Å². The van der Waals surface area contributed by atoms with Gasteiger partial charge in [-0.2, -0.15) is 0 Å². The van der Waals surface area contributed by atoms with Crippen LogP contribution >= 0.6 is 15.9 Å². The van der Waals surface area contributed by atoms with Crippen LogP contribution in [0, 0.1) is 6.92 Å². The molecule has 5 nitrogen and oxygen atoms in total. The highest BCUT2D eigenvalue weighted by atomic mass is 79.9. The van der Waals surface area contributed by atoms with Crippen molar-refractivity contribution < 1.29 is 0 Å². The lowest BCUT2D eigenvalue weighted by atomic mass is 10.0. The van der Waals surface area contributed by atoms with E-state index in [4.69, 9.17) is 11.6 Å². The number of nitrogens with two attached hydrogens (primary N) is 2. The lowest BCUT2D eigenvalue weighted by Gasteiger charge is -2.18. The van der Waals surface area contributed by atoms with Gasteiger partial charge < -0.3 is 5.73 Å². The molecule has 6 heteroatoms. The van der Waals surface area contributed by atoms with Crippen molar-refractivity contribution in [1.29, 1.82) is 0 Å². The molecule has 1 atom stereocenters. The van der Waals surface area contributed by atoms with Crippen molar-refractivity contribution in [2.24, 2.45) is 5.84 Å². The standard InChI is InChI=1S/C12H14BrN5/c1-7-2-10(12(14)17-4-7)11(18-15)8-3-9(13)6-16-5-8/h2-6,11,18H,15H2,1H3,(H2,14,17). The Morgan fingerprint density at radius 2 is 2.06 bits per heavy atom. The van der Waals surface area contributed by atoms with E-state index in [1.165, 1.54) is 0 Å². The molecule has 0 saturated carbocycles. The second kappa shape index (κ2) is 5.43. The fourth-order valence-corrected chi connectivity index (χ4v) is 2.17. The molecule has 0 spiro atoms. The number of nitrogen functional groups attached to an aromatic ring is 1. The van der Waals surface area contributed by atoms with Gasteiger partial charge in [0, 0.05) is 28.6 Å². The third-order valence-corrected chi connectivity index (χ3v) is 3.06. The van der Waals surface area contributed by atoms with Crippen LogP contribution in [0.25, 0.3) is 0 Å². The maximum absolute atomic E-state index is 5.90. The normalized spacial score (nSPS) is 12.4. The zero-order chi connectivity index (χ0) is 13.1. The molecule has 0 aliphatic heterocycles. The Balaban J connectivity index is 2.48. The minimum Gasteiger partial charge on any atom is -0.383 e. The second-order valence-corrected chi connectivity index (χ2v) is 4.94. The minimum absolute atomic E-state index is 0.234. The van der Waals surface area contributed by atoms with Crippen LogP contribution in [0.5, 0.6) is 0 Å². The third-order valence-electron chi connectivity index (χ3n) is 2.62. The molecule has 0 aliphatic rings. The Kier molecular flexibility index (Phi) is 3.90. The molecular weight excluding hydrogens is 294 g/mol. The molecule has 0 aromatic carbocycles. The number of halogens is 1. The third kappa shape index (κ3) is 2.66. The minimum atomic E-state index is -0.234. The van der Waals surface area contributed by atoms with Crippen LogP contribution in [0.1, 0.15) is 22.7 Å². The number of pyridine rings is 2. The average Bonchev–Trinajstić information content (AvgIpc) is 2.35. The Hall–Kier alpha value is -1.50. The van der Waals surface area contributed by atoms with E-state index >= 15 is 0 Å². The Labute approximate surface area is 114 Å². The molecule has 0 saturated heterocycles. The number of nitrogens with one attached hydrogen (secondary N) is 1. The first-order chi connectivity index (χ1) is 8.61. The predicted octanol–water partition coefficient (Wildman–Crippen LogP) is 1.68. The molecule has 18 heavy (non-hydrogen) atoms. The monoisotopic (exact) mass is 307 g/mol. The number of aryl methyl sites for hydroxylation is 1. The summed E-state index contributed by atoms with van der Waals surface area (Å²) in [5.41, 5.74) is 11.4. The van der Waals surface area contributed by atoms with Gasteiger partial charge in [-0.3, -0.25) is 10.8 Å². The van der Waals surface area contributed by atoms with E-state index in [2.05, 4.69) is 31.3 Å². The fraction of sp³-hybridized carbons (Fsp3) is 0.167. The maximum Gasteiger partial charge on any atom is 0.128 e. The molecule has 2 aromatic heterocycles. The van der Waals surface area contributed by atoms with Gasteiger partial charge in [0.15, 0.2) is 0 Å². The van der Waals surface area contributed by atoms with Crippen molar-refractivity contribution in [1.82, 2.24) is 15.4 Å². The van der Waals surface area contributed by atoms with Crippen molar-refractivity contribution in [3.05, 3.63) is 51.9 Å². The highest BCUT2D eigenvalue weighted by Crippen LogP contribution is 2.26. The van der Waals surface area contributed by atoms with Gasteiger partial charge >= 0.3 is 0 Å². The van der Waals surface area contributed by atoms with Crippen LogP contribution in [-0.2, 0) is 0 Å². The lowest BCUT2D eigenvalue weighted by Crippen LogP contribution is -2.29. The predicted molar refractivity (Wildman–Crippen MR) is 74.5 cm³/mol. The van der Waals surface area contributed by atoms with Crippen LogP contribution in [0.4, 0.5) is 5.82 Å². The van der Waals surface area contributed by atoms with E-state index in [0.717, 1.165) is 21.2 Å². The van der Waals surface area contributed by atoms with Crippen molar-refractivity contribution in [3.8, 4) is 0 Å². The number of rotatable bonds is 3. The quantitative estimate of drug-likeness (QED) is 0.593. The van der Waals surface area contributed by atoms with Gasteiger partial charge in [-0.05, 0) is 46.1 Å². The zero-order valence-corrected chi connectivity index (χ0v) is 11.5. The molecule has 0 radical (unpaired) electrons. The molecule has 2 heterocycles. The molecule has 94 valence electrons. The first-order valence-electron chi connectivity index (χ1n) is 5.40. The first kappa shape index (κ1) is 12.9. The van der Waals surface area contributed by atoms with Gasteiger partial charge in [0.25, 0.3) is 0 Å². The summed E-state index contributed by atoms with van der Waals surface area (Å²) < 4.78 is 0.888. The summed E-state index contributed by atoms with van der Waals surface area (Å²) in [5.74, 6) is 6.09. The molecule has 0 bridgehead atoms. The summed E-state index contributed by atoms with van der Waals surface area (Å²) in [6, 6.07) is 3.68. The Morgan fingerprint density at radius 1 is 1.28 bits per heavy atom. The molecule has 0 amide bonds. The van der Waals surface area contributed by atoms with Gasteiger partial charge in [0.2, 0.25) is 0 Å². The number of hydrogen-bond donors (Lipinski definition) is 3. The summed E-state index contributed by atoms with van der Waals surface area (Å²) in [4.78, 5) is 8.27. The number of hydrazine groups is 1. The zero-order valence-electron chi connectivity index (χ0n) is 9.89. The fourth-order valence-electron chi connectivity index (χ4n) is 1.79. The van der Waals surface area contributed by atoms with Gasteiger partial charge in [-0.25, -0.2) is 10.4 Å². The van der Waals surface area contributed by atoms with E-state index in [9.17, 15) is 0 Å². The molecule has 2 rings (SSSR count). The average molecular weight is 308 g/mol. The van der Waals surface area contributed by atoms with Crippen molar-refractivity contribution >= 4 is 21.7 Å². The Morgan fingerprint density at radius 3 is 2.72 bits per heavy atom. The van der Waals surface area contributed by atoms with Gasteiger partial charge in [0.05, 0.1) is 6.04 Å². The highest BCUT2D eigenvalue weighted by molar-refractivity contribution is 9.10. The molecule has 0 fully saturated rings. The van der Waals surface area contributed by atoms with Crippen molar-refractivity contribution in [2.75, 3.05) is 5.73 Å². The largest absolute Gasteiger partial charge is 0.383 e. The number of nitrogens with zero attached hydrogens (tertiary/aromatic N) is 2. The topological polar surface area (TPSA) is 89.8 Å². The lowest BCUT2D eigenvalue weighted by molar-refractivity contribution is 0.633. The van der Waals surface area contributed by atoms with E-state index < -0.39 is 0 Å². The SMILES string of the molecule is Cc1cnc(N)c(C(NN)c2cncc(Br)c2)c1. The summed E-state index contributed by atoms with van der Waals surface area (Å²) >= 11 is 3.39. The van der Waals surface area contributed by atoms with Gasteiger partial charge in [0.1, 0.15) is 5.82 Å². The summed E-state index contributed by atoms with van der Waals surface area (Å²) in [7, 11) is 0. The molecule has 5 N–H and O–H groups in total. The molecule has 1 unspecified atom stereocenters. The van der Waals surface area contributed by atoms with Gasteiger partial charge in [-0.1, -0.05) is 0 Å². The number of anilines is 1. The summed E-state index contributed by atoms with van der Waals surface area (Å²) in [6.45, 7) is 1.96. The van der Waals surface area contributed by atoms with Crippen LogP contribution in [0.2, 0.25) is 0 Å². The summed E-state index contributed by atoms with van der Waals surface area (Å²) in [6.07, 6.45) is 5.19. The smallest absolute Gasteiger partial charge is 0.128 e. The van der Waals surface area contributed by atoms with Crippen LogP contribution in [0.3, 0.4) is 0 Å². The Bertz CT molecular complexity index is 558. The van der Waals surface area contributed by atoms with Crippen LogP contribution < -0.4 is 17.0 Å². The number of aromatic nitrogens is 2. The molecule has 0 aliphatic carbocycles. The molecule has 2 aromatic rings. The maximum atomic E-state index is 5.90. The van der Waals surface area contributed by atoms with Gasteiger partial charge in [-0.15, -0.1) is 0 Å². The van der Waals surface area contributed by atoms with E-state index in [1.54, 1.807) is 18.6 Å². The first-order valence-corrected chi connectivity index (χ1v) is 6.19. The number of hydrogen-bond acceptors (Lipinski definition) is 5. The van der Waals surface area contributed by atoms with E-state index in [1.807, 2.05) is 19.1 Å². The van der Waals surface area contributed by atoms with E-state index in [0.29, 0.717) is 5.82 Å². The van der Waals surface area contributed by atoms with Crippen molar-refractivity contribution in [3.63, 3.8) is 0 Å². The highest BCUT2D eigenvalue weighted by Gasteiger charge is 2.16. The van der Waals surface area contributed by atoms with Crippen LogP contribution in [0.15, 0.2) is 35.2 Å². The summed E-state index contributed by atoms with van der Waals surface area (Å²) in [5, 5.41) is 0. The molecular formula is C12H14BrN5.